The zero-order chi connectivity index (χ0) is 17.4. The highest BCUT2D eigenvalue weighted by atomic mass is 127. The summed E-state index contributed by atoms with van der Waals surface area (Å²) in [5.41, 5.74) is 0.250. The maximum Gasteiger partial charge on any atom is 0.191 e. The molecule has 0 spiro atoms. The molecular weight excluding hydrogens is 443 g/mol. The molecule has 0 amide bonds. The number of hydrogen-bond donors (Lipinski definition) is 3. The van der Waals surface area contributed by atoms with Crippen LogP contribution in [-0.4, -0.2) is 51.0 Å². The minimum atomic E-state index is -0.831. The van der Waals surface area contributed by atoms with Gasteiger partial charge in [0.05, 0.1) is 6.61 Å². The van der Waals surface area contributed by atoms with Crippen LogP contribution in [-0.2, 0) is 11.2 Å². The van der Waals surface area contributed by atoms with E-state index in [4.69, 9.17) is 4.74 Å². The van der Waals surface area contributed by atoms with Gasteiger partial charge in [-0.15, -0.1) is 24.0 Å². The highest BCUT2D eigenvalue weighted by Crippen LogP contribution is 2.31. The van der Waals surface area contributed by atoms with Gasteiger partial charge in [0.25, 0.3) is 0 Å². The third-order valence-electron chi connectivity index (χ3n) is 4.40. The predicted octanol–water partition coefficient (Wildman–Crippen LogP) is 2.08. The molecule has 0 aromatic heterocycles. The van der Waals surface area contributed by atoms with Gasteiger partial charge < -0.3 is 20.5 Å². The molecule has 1 aromatic rings. The van der Waals surface area contributed by atoms with Crippen LogP contribution < -0.4 is 10.6 Å². The molecule has 1 saturated heterocycles. The topological polar surface area (TPSA) is 65.9 Å². The van der Waals surface area contributed by atoms with Crippen molar-refractivity contribution in [3.8, 4) is 0 Å². The standard InChI is InChI=1S/C17H25F2N3O2.HI/c1-20-16(22-11-17(6-9-23)7-10-24-12-17)21-8-5-13-3-2-4-14(18)15(13)19;/h2-4,23H,5-12H2,1H3,(H2,20,21,22);1H. The van der Waals surface area contributed by atoms with Gasteiger partial charge in [0.2, 0.25) is 0 Å². The number of nitrogens with zero attached hydrogens (tertiary/aromatic N) is 1. The van der Waals surface area contributed by atoms with Crippen LogP contribution in [0.1, 0.15) is 18.4 Å². The van der Waals surface area contributed by atoms with Crippen molar-refractivity contribution in [3.63, 3.8) is 0 Å². The molecule has 1 aromatic carbocycles. The van der Waals surface area contributed by atoms with Crippen molar-refractivity contribution in [2.24, 2.45) is 10.4 Å². The first kappa shape index (κ1) is 22.0. The van der Waals surface area contributed by atoms with Crippen LogP contribution in [0.4, 0.5) is 8.78 Å². The van der Waals surface area contributed by atoms with Gasteiger partial charge in [-0.3, -0.25) is 4.99 Å². The van der Waals surface area contributed by atoms with Crippen LogP contribution in [0.2, 0.25) is 0 Å². The summed E-state index contributed by atoms with van der Waals surface area (Å²) in [5.74, 6) is -1.04. The Morgan fingerprint density at radius 2 is 2.16 bits per heavy atom. The molecule has 0 radical (unpaired) electrons. The van der Waals surface area contributed by atoms with E-state index in [0.29, 0.717) is 50.7 Å². The Morgan fingerprint density at radius 3 is 2.80 bits per heavy atom. The molecule has 1 aliphatic rings. The quantitative estimate of drug-likeness (QED) is 0.325. The predicted molar refractivity (Wildman–Crippen MR) is 104 cm³/mol. The number of aliphatic hydroxyl groups excluding tert-OH is 1. The molecule has 25 heavy (non-hydrogen) atoms. The smallest absolute Gasteiger partial charge is 0.191 e. The summed E-state index contributed by atoms with van der Waals surface area (Å²) < 4.78 is 32.2. The number of halogens is 3. The zero-order valence-corrected chi connectivity index (χ0v) is 16.7. The van der Waals surface area contributed by atoms with E-state index in [1.165, 1.54) is 6.07 Å². The first-order valence-electron chi connectivity index (χ1n) is 8.16. The molecule has 0 bridgehead atoms. The lowest BCUT2D eigenvalue weighted by Gasteiger charge is -2.27. The molecule has 1 unspecified atom stereocenters. The van der Waals surface area contributed by atoms with Crippen LogP contribution in [0.25, 0.3) is 0 Å². The highest BCUT2D eigenvalue weighted by molar-refractivity contribution is 14.0. The van der Waals surface area contributed by atoms with Crippen LogP contribution in [0.5, 0.6) is 0 Å². The van der Waals surface area contributed by atoms with E-state index in [9.17, 15) is 13.9 Å². The van der Waals surface area contributed by atoms with Gasteiger partial charge >= 0.3 is 0 Å². The molecule has 2 rings (SSSR count). The Morgan fingerprint density at radius 1 is 1.36 bits per heavy atom. The summed E-state index contributed by atoms with van der Waals surface area (Å²) in [7, 11) is 1.65. The van der Waals surface area contributed by atoms with Crippen LogP contribution in [0.15, 0.2) is 23.2 Å². The van der Waals surface area contributed by atoms with Crippen molar-refractivity contribution in [3.05, 3.63) is 35.4 Å². The summed E-state index contributed by atoms with van der Waals surface area (Å²) in [5, 5.41) is 15.6. The van der Waals surface area contributed by atoms with E-state index in [1.54, 1.807) is 13.1 Å². The number of benzene rings is 1. The number of hydrogen-bond acceptors (Lipinski definition) is 3. The maximum atomic E-state index is 13.6. The summed E-state index contributed by atoms with van der Waals surface area (Å²) in [6.45, 7) is 2.51. The second-order valence-electron chi connectivity index (χ2n) is 6.09. The van der Waals surface area contributed by atoms with Gasteiger partial charge in [-0.2, -0.15) is 0 Å². The van der Waals surface area contributed by atoms with Crippen molar-refractivity contribution in [2.75, 3.05) is 40.0 Å². The molecule has 1 aliphatic heterocycles. The first-order valence-corrected chi connectivity index (χ1v) is 8.16. The van der Waals surface area contributed by atoms with Crippen molar-refractivity contribution in [1.29, 1.82) is 0 Å². The normalized spacial score (nSPS) is 20.2. The lowest BCUT2D eigenvalue weighted by Crippen LogP contribution is -2.45. The lowest BCUT2D eigenvalue weighted by molar-refractivity contribution is 0.127. The summed E-state index contributed by atoms with van der Waals surface area (Å²) in [6.07, 6.45) is 1.92. The fraction of sp³-hybridized carbons (Fsp3) is 0.588. The van der Waals surface area contributed by atoms with E-state index in [-0.39, 0.29) is 36.0 Å². The number of aliphatic hydroxyl groups is 1. The third-order valence-corrected chi connectivity index (χ3v) is 4.40. The largest absolute Gasteiger partial charge is 0.396 e. The summed E-state index contributed by atoms with van der Waals surface area (Å²) in [6, 6.07) is 4.18. The average Bonchev–Trinajstić information content (AvgIpc) is 3.03. The second kappa shape index (κ2) is 10.9. The fourth-order valence-corrected chi connectivity index (χ4v) is 2.86. The SMILES string of the molecule is CN=C(NCCc1cccc(F)c1F)NCC1(CCO)CCOC1.I. The Kier molecular flexibility index (Phi) is 9.58. The number of ether oxygens (including phenoxy) is 1. The van der Waals surface area contributed by atoms with Crippen molar-refractivity contribution >= 4 is 29.9 Å². The third kappa shape index (κ3) is 6.34. The molecule has 8 heteroatoms. The van der Waals surface area contributed by atoms with Gasteiger partial charge in [-0.05, 0) is 30.9 Å². The molecule has 142 valence electrons. The van der Waals surface area contributed by atoms with Gasteiger partial charge in [0.15, 0.2) is 17.6 Å². The molecule has 0 saturated carbocycles. The minimum Gasteiger partial charge on any atom is -0.396 e. The summed E-state index contributed by atoms with van der Waals surface area (Å²) >= 11 is 0. The first-order chi connectivity index (χ1) is 11.6. The number of aliphatic imine (C=N–C) groups is 1. The van der Waals surface area contributed by atoms with E-state index >= 15 is 0 Å². The Hall–Kier alpha value is -1.00. The Bertz CT molecular complexity index is 567. The maximum absolute atomic E-state index is 13.6. The van der Waals surface area contributed by atoms with Crippen LogP contribution >= 0.6 is 24.0 Å². The van der Waals surface area contributed by atoms with Gasteiger partial charge in [-0.1, -0.05) is 12.1 Å². The van der Waals surface area contributed by atoms with E-state index in [0.717, 1.165) is 12.5 Å². The van der Waals surface area contributed by atoms with E-state index < -0.39 is 11.6 Å². The number of rotatable bonds is 7. The van der Waals surface area contributed by atoms with Crippen molar-refractivity contribution in [2.45, 2.75) is 19.3 Å². The number of guanidine groups is 1. The molecular formula is C17H26F2IN3O2. The average molecular weight is 469 g/mol. The number of nitrogens with one attached hydrogen (secondary N) is 2. The van der Waals surface area contributed by atoms with Crippen molar-refractivity contribution < 1.29 is 18.6 Å². The van der Waals surface area contributed by atoms with Gasteiger partial charge in [0.1, 0.15) is 0 Å². The van der Waals surface area contributed by atoms with E-state index in [2.05, 4.69) is 15.6 Å². The molecule has 3 N–H and O–H groups in total. The Balaban J connectivity index is 0.00000312. The lowest BCUT2D eigenvalue weighted by atomic mass is 9.84. The molecule has 1 atom stereocenters. The highest BCUT2D eigenvalue weighted by Gasteiger charge is 2.34. The van der Waals surface area contributed by atoms with Gasteiger partial charge in [0, 0.05) is 38.8 Å². The van der Waals surface area contributed by atoms with E-state index in [1.807, 2.05) is 0 Å². The summed E-state index contributed by atoms with van der Waals surface area (Å²) in [4.78, 5) is 4.13. The minimum absolute atomic E-state index is 0. The fourth-order valence-electron chi connectivity index (χ4n) is 2.86. The Labute approximate surface area is 164 Å². The van der Waals surface area contributed by atoms with Crippen LogP contribution in [0, 0.1) is 17.0 Å². The second-order valence-corrected chi connectivity index (χ2v) is 6.09. The molecule has 1 heterocycles. The van der Waals surface area contributed by atoms with Crippen molar-refractivity contribution in [1.82, 2.24) is 10.6 Å². The van der Waals surface area contributed by atoms with Gasteiger partial charge in [-0.25, -0.2) is 8.78 Å². The molecule has 5 nitrogen and oxygen atoms in total. The van der Waals surface area contributed by atoms with Crippen LogP contribution in [0.3, 0.4) is 0 Å². The monoisotopic (exact) mass is 469 g/mol. The molecule has 0 aliphatic carbocycles. The molecule has 1 fully saturated rings. The zero-order valence-electron chi connectivity index (χ0n) is 14.4.